The fourth-order valence-corrected chi connectivity index (χ4v) is 2.08. The summed E-state index contributed by atoms with van der Waals surface area (Å²) in [7, 11) is 1.67. The van der Waals surface area contributed by atoms with Crippen molar-refractivity contribution in [3.05, 3.63) is 29.8 Å². The molecule has 0 N–H and O–H groups in total. The molecule has 0 bridgehead atoms. The van der Waals surface area contributed by atoms with Gasteiger partial charge in [0.2, 0.25) is 0 Å². The average Bonchev–Trinajstić information content (AvgIpc) is 2.52. The number of rotatable bonds is 2. The Morgan fingerprint density at radius 3 is 2.24 bits per heavy atom. The third-order valence-electron chi connectivity index (χ3n) is 3.14. The van der Waals surface area contributed by atoms with E-state index in [1.807, 2.05) is 26.0 Å². The van der Waals surface area contributed by atoms with Crippen molar-refractivity contribution < 1.29 is 9.59 Å². The molecule has 1 unspecified atom stereocenters. The van der Waals surface area contributed by atoms with Gasteiger partial charge in [-0.1, -0.05) is 24.6 Å². The smallest absolute Gasteiger partial charge is 0.315 e. The Bertz CT molecular complexity index is 453. The Hall–Kier alpha value is -1.84. The number of imide groups is 1. The van der Waals surface area contributed by atoms with Gasteiger partial charge in [0.05, 0.1) is 5.69 Å². The van der Waals surface area contributed by atoms with Gasteiger partial charge in [0, 0.05) is 7.05 Å². The van der Waals surface area contributed by atoms with Crippen LogP contribution in [0.4, 0.5) is 10.5 Å². The highest BCUT2D eigenvalue weighted by atomic mass is 16.2. The van der Waals surface area contributed by atoms with Gasteiger partial charge in [-0.25, -0.2) is 9.69 Å². The van der Waals surface area contributed by atoms with Gasteiger partial charge in [-0.3, -0.25) is 4.79 Å². The topological polar surface area (TPSA) is 40.6 Å². The standard InChI is InChI=1S/C13H16N2O2/c1-4-11-12(16)15(13(17)14(11)3)10-7-5-9(2)6-8-10/h5-8,11H,4H2,1-3H3. The molecule has 3 amide bonds. The molecule has 1 aliphatic rings. The second-order valence-electron chi connectivity index (χ2n) is 4.33. The Morgan fingerprint density at radius 2 is 1.76 bits per heavy atom. The molecule has 0 aromatic heterocycles. The lowest BCUT2D eigenvalue weighted by Crippen LogP contribution is -2.31. The highest BCUT2D eigenvalue weighted by molar-refractivity contribution is 6.21. The summed E-state index contributed by atoms with van der Waals surface area (Å²) in [5.41, 5.74) is 1.75. The van der Waals surface area contributed by atoms with Crippen molar-refractivity contribution in [2.75, 3.05) is 11.9 Å². The van der Waals surface area contributed by atoms with Gasteiger partial charge in [0.25, 0.3) is 5.91 Å². The molecule has 0 radical (unpaired) electrons. The van der Waals surface area contributed by atoms with E-state index in [1.165, 1.54) is 9.80 Å². The maximum atomic E-state index is 12.1. The predicted octanol–water partition coefficient (Wildman–Crippen LogP) is 2.17. The summed E-state index contributed by atoms with van der Waals surface area (Å²) in [6.07, 6.45) is 0.642. The first-order valence-corrected chi connectivity index (χ1v) is 5.73. The van der Waals surface area contributed by atoms with Crippen molar-refractivity contribution >= 4 is 17.6 Å². The number of carbonyl (C=O) groups is 2. The maximum absolute atomic E-state index is 12.1. The number of hydrogen-bond donors (Lipinski definition) is 0. The van der Waals surface area contributed by atoms with Crippen LogP contribution in [0.25, 0.3) is 0 Å². The molecular formula is C13H16N2O2. The van der Waals surface area contributed by atoms with E-state index in [-0.39, 0.29) is 18.0 Å². The van der Waals surface area contributed by atoms with Crippen LogP contribution in [0.15, 0.2) is 24.3 Å². The summed E-state index contributed by atoms with van der Waals surface area (Å²) < 4.78 is 0. The van der Waals surface area contributed by atoms with Crippen LogP contribution in [-0.4, -0.2) is 29.9 Å². The fraction of sp³-hybridized carbons (Fsp3) is 0.385. The summed E-state index contributed by atoms with van der Waals surface area (Å²) in [6, 6.07) is 6.83. The van der Waals surface area contributed by atoms with Gasteiger partial charge in [-0.05, 0) is 25.5 Å². The normalized spacial score (nSPS) is 20.3. The van der Waals surface area contributed by atoms with Crippen LogP contribution in [0.2, 0.25) is 0 Å². The van der Waals surface area contributed by atoms with Crippen molar-refractivity contribution in [1.82, 2.24) is 4.90 Å². The van der Waals surface area contributed by atoms with Crippen molar-refractivity contribution in [1.29, 1.82) is 0 Å². The largest absolute Gasteiger partial charge is 0.331 e. The number of nitrogens with zero attached hydrogens (tertiary/aromatic N) is 2. The molecule has 17 heavy (non-hydrogen) atoms. The summed E-state index contributed by atoms with van der Waals surface area (Å²) in [5, 5.41) is 0. The van der Waals surface area contributed by atoms with Gasteiger partial charge in [-0.2, -0.15) is 0 Å². The zero-order valence-corrected chi connectivity index (χ0v) is 10.3. The predicted molar refractivity (Wildman–Crippen MR) is 65.9 cm³/mol. The molecular weight excluding hydrogens is 216 g/mol. The van der Waals surface area contributed by atoms with Crippen LogP contribution >= 0.6 is 0 Å². The highest BCUT2D eigenvalue weighted by Crippen LogP contribution is 2.25. The van der Waals surface area contributed by atoms with Crippen LogP contribution in [0, 0.1) is 6.92 Å². The monoisotopic (exact) mass is 232 g/mol. The molecule has 1 heterocycles. The molecule has 0 spiro atoms. The summed E-state index contributed by atoms with van der Waals surface area (Å²) in [5.74, 6) is -0.135. The number of amides is 3. The molecule has 4 heteroatoms. The zero-order chi connectivity index (χ0) is 12.6. The number of aryl methyl sites for hydroxylation is 1. The van der Waals surface area contributed by atoms with Gasteiger partial charge in [0.1, 0.15) is 6.04 Å². The molecule has 1 atom stereocenters. The van der Waals surface area contributed by atoms with Crippen molar-refractivity contribution in [3.63, 3.8) is 0 Å². The zero-order valence-electron chi connectivity index (χ0n) is 10.3. The van der Waals surface area contributed by atoms with Crippen LogP contribution in [0.5, 0.6) is 0 Å². The van der Waals surface area contributed by atoms with Crippen LogP contribution in [0.1, 0.15) is 18.9 Å². The van der Waals surface area contributed by atoms with Crippen molar-refractivity contribution in [2.45, 2.75) is 26.3 Å². The maximum Gasteiger partial charge on any atom is 0.331 e. The van der Waals surface area contributed by atoms with E-state index in [0.717, 1.165) is 5.56 Å². The quantitative estimate of drug-likeness (QED) is 0.733. The molecule has 1 saturated heterocycles. The van der Waals surface area contributed by atoms with E-state index in [0.29, 0.717) is 12.1 Å². The molecule has 0 saturated carbocycles. The van der Waals surface area contributed by atoms with E-state index >= 15 is 0 Å². The summed E-state index contributed by atoms with van der Waals surface area (Å²) >= 11 is 0. The molecule has 0 aliphatic carbocycles. The van der Waals surface area contributed by atoms with Gasteiger partial charge >= 0.3 is 6.03 Å². The second-order valence-corrected chi connectivity index (χ2v) is 4.33. The number of hydrogen-bond acceptors (Lipinski definition) is 2. The molecule has 4 nitrogen and oxygen atoms in total. The van der Waals surface area contributed by atoms with Gasteiger partial charge < -0.3 is 4.90 Å². The van der Waals surface area contributed by atoms with Crippen molar-refractivity contribution in [3.8, 4) is 0 Å². The summed E-state index contributed by atoms with van der Waals surface area (Å²) in [6.45, 7) is 3.88. The minimum Gasteiger partial charge on any atom is -0.315 e. The lowest BCUT2D eigenvalue weighted by molar-refractivity contribution is -0.119. The molecule has 90 valence electrons. The average molecular weight is 232 g/mol. The molecule has 1 aromatic rings. The van der Waals surface area contributed by atoms with E-state index in [2.05, 4.69) is 0 Å². The minimum atomic E-state index is -0.330. The van der Waals surface area contributed by atoms with Gasteiger partial charge in [-0.15, -0.1) is 0 Å². The SMILES string of the molecule is CCC1C(=O)N(c2ccc(C)cc2)C(=O)N1C. The van der Waals surface area contributed by atoms with E-state index in [9.17, 15) is 9.59 Å². The van der Waals surface area contributed by atoms with E-state index in [1.54, 1.807) is 19.2 Å². The Kier molecular flexibility index (Phi) is 2.88. The molecule has 1 aromatic carbocycles. The van der Waals surface area contributed by atoms with Gasteiger partial charge in [0.15, 0.2) is 0 Å². The lowest BCUT2D eigenvalue weighted by Gasteiger charge is -2.14. The lowest BCUT2D eigenvalue weighted by atomic mass is 10.2. The van der Waals surface area contributed by atoms with Crippen LogP contribution < -0.4 is 4.90 Å². The van der Waals surface area contributed by atoms with Crippen LogP contribution in [0.3, 0.4) is 0 Å². The van der Waals surface area contributed by atoms with Crippen LogP contribution in [-0.2, 0) is 4.79 Å². The third kappa shape index (κ3) is 1.79. The Morgan fingerprint density at radius 1 is 1.18 bits per heavy atom. The number of carbonyl (C=O) groups excluding carboxylic acids is 2. The molecule has 2 rings (SSSR count). The third-order valence-corrected chi connectivity index (χ3v) is 3.14. The fourth-order valence-electron chi connectivity index (χ4n) is 2.08. The number of urea groups is 1. The first-order valence-electron chi connectivity index (χ1n) is 5.73. The van der Waals surface area contributed by atoms with E-state index in [4.69, 9.17) is 0 Å². The number of likely N-dealkylation sites (N-methyl/N-ethyl adjacent to an activating group) is 1. The first-order chi connectivity index (χ1) is 8.06. The first kappa shape index (κ1) is 11.6. The van der Waals surface area contributed by atoms with E-state index < -0.39 is 0 Å². The Balaban J connectivity index is 2.36. The molecule has 1 fully saturated rings. The molecule has 1 aliphatic heterocycles. The summed E-state index contributed by atoms with van der Waals surface area (Å²) in [4.78, 5) is 26.9. The Labute approximate surface area is 101 Å². The number of benzene rings is 1. The minimum absolute atomic E-state index is 0.135. The highest BCUT2D eigenvalue weighted by Gasteiger charge is 2.42. The van der Waals surface area contributed by atoms with Crippen molar-refractivity contribution in [2.24, 2.45) is 0 Å². The number of anilines is 1. The second kappa shape index (κ2) is 4.20.